The molecule has 1 N–H and O–H groups in total. The Morgan fingerprint density at radius 3 is 2.85 bits per heavy atom. The van der Waals surface area contributed by atoms with Crippen molar-refractivity contribution >= 4 is 5.91 Å². The lowest BCUT2D eigenvalue weighted by atomic mass is 10.2. The van der Waals surface area contributed by atoms with Crippen LogP contribution in [0.1, 0.15) is 19.8 Å². The van der Waals surface area contributed by atoms with Crippen LogP contribution in [0, 0.1) is 0 Å². The van der Waals surface area contributed by atoms with E-state index in [1.165, 1.54) is 6.08 Å². The lowest BCUT2D eigenvalue weighted by molar-refractivity contribution is -0.138. The van der Waals surface area contributed by atoms with Gasteiger partial charge in [-0.25, -0.2) is 5.48 Å². The first-order chi connectivity index (χ1) is 6.33. The number of hydrogen-bond acceptors (Lipinski definition) is 3. The van der Waals surface area contributed by atoms with Crippen molar-refractivity contribution in [1.29, 1.82) is 0 Å². The SMILES string of the molecule is C/C=C/C(=O)NOC1CCOCC1. The fraction of sp³-hybridized carbons (Fsp3) is 0.667. The van der Waals surface area contributed by atoms with Gasteiger partial charge in [0.05, 0.1) is 6.10 Å². The quantitative estimate of drug-likeness (QED) is 0.522. The minimum Gasteiger partial charge on any atom is -0.381 e. The maximum atomic E-state index is 10.9. The van der Waals surface area contributed by atoms with Crippen molar-refractivity contribution in [2.45, 2.75) is 25.9 Å². The van der Waals surface area contributed by atoms with Crippen LogP contribution in [-0.4, -0.2) is 25.2 Å². The number of rotatable bonds is 3. The highest BCUT2D eigenvalue weighted by Gasteiger charge is 2.14. The van der Waals surface area contributed by atoms with Crippen LogP contribution >= 0.6 is 0 Å². The van der Waals surface area contributed by atoms with Gasteiger partial charge in [0.15, 0.2) is 0 Å². The fourth-order valence-corrected chi connectivity index (χ4v) is 1.12. The highest BCUT2D eigenvalue weighted by Crippen LogP contribution is 2.08. The molecule has 4 heteroatoms. The minimum absolute atomic E-state index is 0.1000. The molecule has 1 saturated heterocycles. The van der Waals surface area contributed by atoms with Gasteiger partial charge in [0.1, 0.15) is 0 Å². The lowest BCUT2D eigenvalue weighted by Crippen LogP contribution is -2.32. The van der Waals surface area contributed by atoms with E-state index in [9.17, 15) is 4.79 Å². The standard InChI is InChI=1S/C9H15NO3/c1-2-3-9(11)10-13-8-4-6-12-7-5-8/h2-3,8H,4-7H2,1H3,(H,10,11)/b3-2+. The molecule has 1 aliphatic heterocycles. The third kappa shape index (κ3) is 4.05. The van der Waals surface area contributed by atoms with E-state index in [1.54, 1.807) is 13.0 Å². The molecule has 0 aliphatic carbocycles. The predicted molar refractivity (Wildman–Crippen MR) is 47.9 cm³/mol. The number of hydrogen-bond donors (Lipinski definition) is 1. The summed E-state index contributed by atoms with van der Waals surface area (Å²) < 4.78 is 5.15. The second-order valence-electron chi connectivity index (χ2n) is 2.90. The summed E-state index contributed by atoms with van der Waals surface area (Å²) in [6.45, 7) is 3.21. The van der Waals surface area contributed by atoms with Crippen molar-refractivity contribution in [3.8, 4) is 0 Å². The molecule has 13 heavy (non-hydrogen) atoms. The number of carbonyl (C=O) groups excluding carboxylic acids is 1. The second kappa shape index (κ2) is 5.72. The van der Waals surface area contributed by atoms with Gasteiger partial charge in [0.2, 0.25) is 0 Å². The maximum absolute atomic E-state index is 10.9. The van der Waals surface area contributed by atoms with Gasteiger partial charge in [-0.15, -0.1) is 0 Å². The molecule has 1 aliphatic rings. The van der Waals surface area contributed by atoms with Crippen molar-refractivity contribution in [2.75, 3.05) is 13.2 Å². The average Bonchev–Trinajstić information content (AvgIpc) is 2.17. The van der Waals surface area contributed by atoms with Crippen LogP contribution in [0.2, 0.25) is 0 Å². The Balaban J connectivity index is 2.13. The molecule has 0 bridgehead atoms. The summed E-state index contributed by atoms with van der Waals surface area (Å²) in [5, 5.41) is 0. The summed E-state index contributed by atoms with van der Waals surface area (Å²) in [4.78, 5) is 16.1. The van der Waals surface area contributed by atoms with Gasteiger partial charge in [-0.05, 0) is 19.8 Å². The normalized spacial score (nSPS) is 19.2. The van der Waals surface area contributed by atoms with Gasteiger partial charge in [-0.3, -0.25) is 9.63 Å². The van der Waals surface area contributed by atoms with E-state index < -0.39 is 0 Å². The van der Waals surface area contributed by atoms with Gasteiger partial charge >= 0.3 is 0 Å². The molecule has 4 nitrogen and oxygen atoms in total. The number of ether oxygens (including phenoxy) is 1. The average molecular weight is 185 g/mol. The van der Waals surface area contributed by atoms with Crippen LogP contribution in [0.5, 0.6) is 0 Å². The molecule has 1 amide bonds. The Kier molecular flexibility index (Phi) is 4.49. The van der Waals surface area contributed by atoms with E-state index in [0.717, 1.165) is 12.8 Å². The Labute approximate surface area is 77.9 Å². The van der Waals surface area contributed by atoms with E-state index >= 15 is 0 Å². The van der Waals surface area contributed by atoms with Crippen LogP contribution in [-0.2, 0) is 14.4 Å². The molecule has 0 aromatic rings. The Hall–Kier alpha value is -0.870. The molecule has 1 fully saturated rings. The number of carbonyl (C=O) groups is 1. The van der Waals surface area contributed by atoms with E-state index in [4.69, 9.17) is 9.57 Å². The highest BCUT2D eigenvalue weighted by atomic mass is 16.7. The van der Waals surface area contributed by atoms with Gasteiger partial charge in [0, 0.05) is 19.3 Å². The van der Waals surface area contributed by atoms with Crippen LogP contribution in [0.25, 0.3) is 0 Å². The second-order valence-corrected chi connectivity index (χ2v) is 2.90. The first kappa shape index (κ1) is 10.2. The van der Waals surface area contributed by atoms with Crippen molar-refractivity contribution in [2.24, 2.45) is 0 Å². The highest BCUT2D eigenvalue weighted by molar-refractivity contribution is 5.86. The van der Waals surface area contributed by atoms with Crippen LogP contribution in [0.15, 0.2) is 12.2 Å². The van der Waals surface area contributed by atoms with E-state index in [2.05, 4.69) is 5.48 Å². The Morgan fingerprint density at radius 1 is 1.54 bits per heavy atom. The molecule has 1 heterocycles. The topological polar surface area (TPSA) is 47.6 Å². The zero-order chi connectivity index (χ0) is 9.52. The number of amides is 1. The Bertz CT molecular complexity index is 185. The summed E-state index contributed by atoms with van der Waals surface area (Å²) in [5.74, 6) is -0.214. The summed E-state index contributed by atoms with van der Waals surface area (Å²) in [6.07, 6.45) is 4.89. The third-order valence-electron chi connectivity index (χ3n) is 1.81. The molecule has 0 unspecified atom stereocenters. The number of allylic oxidation sites excluding steroid dienone is 1. The molecule has 0 aromatic carbocycles. The van der Waals surface area contributed by atoms with Gasteiger partial charge in [-0.2, -0.15) is 0 Å². The van der Waals surface area contributed by atoms with Crippen molar-refractivity contribution in [3.63, 3.8) is 0 Å². The van der Waals surface area contributed by atoms with E-state index in [0.29, 0.717) is 13.2 Å². The molecule has 0 radical (unpaired) electrons. The summed E-state index contributed by atoms with van der Waals surface area (Å²) in [7, 11) is 0. The minimum atomic E-state index is -0.214. The van der Waals surface area contributed by atoms with Crippen molar-refractivity contribution < 1.29 is 14.4 Å². The van der Waals surface area contributed by atoms with Crippen molar-refractivity contribution in [1.82, 2.24) is 5.48 Å². The zero-order valence-corrected chi connectivity index (χ0v) is 7.79. The first-order valence-electron chi connectivity index (χ1n) is 4.49. The molecule has 1 rings (SSSR count). The molecule has 0 saturated carbocycles. The first-order valence-corrected chi connectivity index (χ1v) is 4.49. The van der Waals surface area contributed by atoms with Gasteiger partial charge in [0.25, 0.3) is 5.91 Å². The zero-order valence-electron chi connectivity index (χ0n) is 7.79. The summed E-state index contributed by atoms with van der Waals surface area (Å²) in [6, 6.07) is 0. The monoisotopic (exact) mass is 185 g/mol. The van der Waals surface area contributed by atoms with Crippen LogP contribution in [0.4, 0.5) is 0 Å². The summed E-state index contributed by atoms with van der Waals surface area (Å²) >= 11 is 0. The lowest BCUT2D eigenvalue weighted by Gasteiger charge is -2.21. The fourth-order valence-electron chi connectivity index (χ4n) is 1.12. The van der Waals surface area contributed by atoms with Gasteiger partial charge in [-0.1, -0.05) is 6.08 Å². The van der Waals surface area contributed by atoms with Crippen LogP contribution in [0.3, 0.4) is 0 Å². The van der Waals surface area contributed by atoms with Crippen molar-refractivity contribution in [3.05, 3.63) is 12.2 Å². The predicted octanol–water partition coefficient (Wildman–Crippen LogP) is 0.789. The molecule has 74 valence electrons. The molecular formula is C9H15NO3. The molecule has 0 aromatic heterocycles. The number of nitrogens with one attached hydrogen (secondary N) is 1. The molecule has 0 spiro atoms. The largest absolute Gasteiger partial charge is 0.381 e. The Morgan fingerprint density at radius 2 is 2.23 bits per heavy atom. The van der Waals surface area contributed by atoms with E-state index in [1.807, 2.05) is 0 Å². The van der Waals surface area contributed by atoms with E-state index in [-0.39, 0.29) is 12.0 Å². The number of hydroxylamine groups is 1. The summed E-state index contributed by atoms with van der Waals surface area (Å²) in [5.41, 5.74) is 2.37. The third-order valence-corrected chi connectivity index (χ3v) is 1.81. The van der Waals surface area contributed by atoms with Gasteiger partial charge < -0.3 is 4.74 Å². The molecular weight excluding hydrogens is 170 g/mol. The van der Waals surface area contributed by atoms with Crippen LogP contribution < -0.4 is 5.48 Å². The molecule has 0 atom stereocenters. The maximum Gasteiger partial charge on any atom is 0.267 e. The smallest absolute Gasteiger partial charge is 0.267 e.